The van der Waals surface area contributed by atoms with Gasteiger partial charge in [-0.25, -0.2) is 22.2 Å². The fraction of sp³-hybridized carbons (Fsp3) is 0.333. The summed E-state index contributed by atoms with van der Waals surface area (Å²) in [5.74, 6) is -1.06. The molecule has 0 spiro atoms. The van der Waals surface area contributed by atoms with Crippen LogP contribution >= 0.6 is 12.2 Å². The maximum Gasteiger partial charge on any atom is 0.228 e. The summed E-state index contributed by atoms with van der Waals surface area (Å²) in [6.07, 6.45) is 3.48. The van der Waals surface area contributed by atoms with Crippen molar-refractivity contribution in [3.05, 3.63) is 77.6 Å². The quantitative estimate of drug-likeness (QED) is 0.403. The van der Waals surface area contributed by atoms with Gasteiger partial charge in [-0.15, -0.1) is 0 Å². The summed E-state index contributed by atoms with van der Waals surface area (Å²) in [5, 5.41) is 3.53. The topological polar surface area (TPSA) is 76.5 Å². The normalized spacial score (nSPS) is 13.6. The van der Waals surface area contributed by atoms with Gasteiger partial charge in [0.25, 0.3) is 0 Å². The van der Waals surface area contributed by atoms with Crippen molar-refractivity contribution < 1.29 is 21.9 Å². The lowest BCUT2D eigenvalue weighted by atomic mass is 10.2. The van der Waals surface area contributed by atoms with Crippen molar-refractivity contribution in [2.75, 3.05) is 19.0 Å². The van der Waals surface area contributed by atoms with E-state index in [9.17, 15) is 17.2 Å². The molecule has 11 heteroatoms. The number of anilines is 1. The number of aromatic nitrogens is 2. The molecule has 0 amide bonds. The summed E-state index contributed by atoms with van der Waals surface area (Å²) >= 11 is 5.63. The van der Waals surface area contributed by atoms with E-state index < -0.39 is 15.7 Å². The number of benzene rings is 2. The molecule has 7 nitrogen and oxygen atoms in total. The van der Waals surface area contributed by atoms with Gasteiger partial charge in [-0.3, -0.25) is 0 Å². The lowest BCUT2D eigenvalue weighted by molar-refractivity contribution is 0.182. The lowest BCUT2D eigenvalue weighted by Gasteiger charge is -2.26. The lowest BCUT2D eigenvalue weighted by Crippen LogP contribution is -2.36. The Morgan fingerprint density at radius 3 is 2.37 bits per heavy atom. The molecule has 0 aliphatic heterocycles. The van der Waals surface area contributed by atoms with E-state index in [1.807, 2.05) is 4.90 Å². The third-order valence-corrected chi connectivity index (χ3v) is 7.58. The number of nitrogens with zero attached hydrogens (tertiary/aromatic N) is 3. The second-order valence-corrected chi connectivity index (χ2v) is 10.6. The third-order valence-electron chi connectivity index (χ3n) is 5.65. The van der Waals surface area contributed by atoms with Gasteiger partial charge >= 0.3 is 0 Å². The minimum Gasteiger partial charge on any atom is -0.383 e. The van der Waals surface area contributed by atoms with Gasteiger partial charge in [0.2, 0.25) is 15.0 Å². The van der Waals surface area contributed by atoms with Gasteiger partial charge in [-0.1, -0.05) is 12.1 Å². The van der Waals surface area contributed by atoms with E-state index in [2.05, 4.69) is 10.3 Å². The molecule has 4 rings (SSSR count). The first-order valence-electron chi connectivity index (χ1n) is 11.1. The Morgan fingerprint density at radius 2 is 1.77 bits per heavy atom. The SMILES string of the molecule is COCCn1c(CN(C(=S)Nc2ccc(F)cc2)C2CC2)cnc1S(=O)(=O)Cc1ccc(F)cc1. The van der Waals surface area contributed by atoms with Crippen LogP contribution in [0.1, 0.15) is 24.1 Å². The Balaban J connectivity index is 1.57. The second kappa shape index (κ2) is 10.8. The fourth-order valence-electron chi connectivity index (χ4n) is 3.71. The molecule has 0 bridgehead atoms. The van der Waals surface area contributed by atoms with Crippen LogP contribution in [0.2, 0.25) is 0 Å². The number of sulfone groups is 1. The van der Waals surface area contributed by atoms with Gasteiger partial charge in [0.15, 0.2) is 5.11 Å². The van der Waals surface area contributed by atoms with Crippen LogP contribution in [0.15, 0.2) is 59.9 Å². The first-order valence-corrected chi connectivity index (χ1v) is 13.2. The molecule has 186 valence electrons. The average Bonchev–Trinajstić information content (AvgIpc) is 3.58. The van der Waals surface area contributed by atoms with E-state index >= 15 is 0 Å². The molecular weight excluding hydrogens is 494 g/mol. The number of hydrogen-bond acceptors (Lipinski definition) is 5. The predicted octanol–water partition coefficient (Wildman–Crippen LogP) is 4.14. The molecular formula is C24H26F2N4O3S2. The number of imidazole rings is 1. The van der Waals surface area contributed by atoms with Crippen LogP contribution < -0.4 is 5.32 Å². The molecule has 0 radical (unpaired) electrons. The molecule has 1 aliphatic rings. The zero-order chi connectivity index (χ0) is 25.0. The first kappa shape index (κ1) is 25.2. The second-order valence-electron chi connectivity index (χ2n) is 8.36. The molecule has 3 aromatic rings. The summed E-state index contributed by atoms with van der Waals surface area (Å²) in [7, 11) is -2.27. The highest BCUT2D eigenvalue weighted by Crippen LogP contribution is 2.30. The van der Waals surface area contributed by atoms with Gasteiger partial charge < -0.3 is 19.5 Å². The van der Waals surface area contributed by atoms with Gasteiger partial charge in [0, 0.05) is 25.4 Å². The third kappa shape index (κ3) is 6.41. The number of thiocarbonyl (C=S) groups is 1. The van der Waals surface area contributed by atoms with Crippen molar-refractivity contribution in [1.29, 1.82) is 0 Å². The standard InChI is InChI=1S/C24H26F2N4O3S2/c1-33-13-12-29-22(14-27-24(29)35(31,32)16-17-2-4-18(25)5-3-17)15-30(21-10-11-21)23(34)28-20-8-6-19(26)7-9-20/h2-9,14,21H,10-13,15-16H2,1H3,(H,28,34). The van der Waals surface area contributed by atoms with Crippen molar-refractivity contribution >= 4 is 32.9 Å². The Bertz CT molecular complexity index is 1280. The monoisotopic (exact) mass is 520 g/mol. The van der Waals surface area contributed by atoms with E-state index in [0.717, 1.165) is 12.8 Å². The number of halogens is 2. The van der Waals surface area contributed by atoms with Crippen LogP contribution in [0, 0.1) is 11.6 Å². The highest BCUT2D eigenvalue weighted by Gasteiger charge is 2.33. The molecule has 0 saturated heterocycles. The highest BCUT2D eigenvalue weighted by atomic mass is 32.2. The molecule has 0 unspecified atom stereocenters. The fourth-order valence-corrected chi connectivity index (χ4v) is 5.56. The Hall–Kier alpha value is -2.89. The van der Waals surface area contributed by atoms with Crippen molar-refractivity contribution in [1.82, 2.24) is 14.5 Å². The van der Waals surface area contributed by atoms with E-state index in [0.29, 0.717) is 41.8 Å². The number of ether oxygens (including phenoxy) is 1. The molecule has 1 N–H and O–H groups in total. The summed E-state index contributed by atoms with van der Waals surface area (Å²) in [6, 6.07) is 11.5. The van der Waals surface area contributed by atoms with Crippen molar-refractivity contribution in [3.8, 4) is 0 Å². The van der Waals surface area contributed by atoms with Crippen LogP contribution in [-0.4, -0.2) is 47.7 Å². The highest BCUT2D eigenvalue weighted by molar-refractivity contribution is 7.90. The van der Waals surface area contributed by atoms with Crippen LogP contribution in [0.5, 0.6) is 0 Å². The molecule has 1 heterocycles. The number of nitrogens with one attached hydrogen (secondary N) is 1. The summed E-state index contributed by atoms with van der Waals surface area (Å²) in [6.45, 7) is 0.936. The molecule has 0 atom stereocenters. The molecule has 2 aromatic carbocycles. The molecule has 35 heavy (non-hydrogen) atoms. The Labute approximate surface area is 208 Å². The number of methoxy groups -OCH3 is 1. The summed E-state index contributed by atoms with van der Waals surface area (Å²) < 4.78 is 59.8. The molecule has 1 aliphatic carbocycles. The van der Waals surface area contributed by atoms with E-state index in [1.165, 1.54) is 36.4 Å². The maximum absolute atomic E-state index is 13.3. The van der Waals surface area contributed by atoms with Gasteiger partial charge in [-0.05, 0) is 67.0 Å². The zero-order valence-electron chi connectivity index (χ0n) is 19.2. The van der Waals surface area contributed by atoms with Crippen LogP contribution in [0.4, 0.5) is 14.5 Å². The van der Waals surface area contributed by atoms with Crippen molar-refractivity contribution in [3.63, 3.8) is 0 Å². The van der Waals surface area contributed by atoms with Crippen LogP contribution in [-0.2, 0) is 33.4 Å². The van der Waals surface area contributed by atoms with Gasteiger partial charge in [-0.2, -0.15) is 0 Å². The van der Waals surface area contributed by atoms with E-state index in [4.69, 9.17) is 17.0 Å². The average molecular weight is 521 g/mol. The van der Waals surface area contributed by atoms with E-state index in [1.54, 1.807) is 30.0 Å². The van der Waals surface area contributed by atoms with Gasteiger partial charge in [0.05, 0.1) is 30.8 Å². The van der Waals surface area contributed by atoms with Crippen molar-refractivity contribution in [2.24, 2.45) is 0 Å². The van der Waals surface area contributed by atoms with E-state index in [-0.39, 0.29) is 22.8 Å². The molecule has 1 aromatic heterocycles. The smallest absolute Gasteiger partial charge is 0.228 e. The summed E-state index contributed by atoms with van der Waals surface area (Å²) in [4.78, 5) is 6.25. The largest absolute Gasteiger partial charge is 0.383 e. The molecule has 1 fully saturated rings. The Kier molecular flexibility index (Phi) is 7.78. The number of rotatable bonds is 10. The number of hydrogen-bond donors (Lipinski definition) is 1. The van der Waals surface area contributed by atoms with Crippen molar-refractivity contribution in [2.45, 2.75) is 42.9 Å². The summed E-state index contributed by atoms with van der Waals surface area (Å²) in [5.41, 5.74) is 1.81. The van der Waals surface area contributed by atoms with Crippen LogP contribution in [0.3, 0.4) is 0 Å². The predicted molar refractivity (Wildman–Crippen MR) is 133 cm³/mol. The van der Waals surface area contributed by atoms with Crippen LogP contribution in [0.25, 0.3) is 0 Å². The zero-order valence-corrected chi connectivity index (χ0v) is 20.8. The molecule has 1 saturated carbocycles. The first-order chi connectivity index (χ1) is 16.8. The Morgan fingerprint density at radius 1 is 1.14 bits per heavy atom. The minimum atomic E-state index is -3.81. The maximum atomic E-state index is 13.3. The van der Waals surface area contributed by atoms with Gasteiger partial charge in [0.1, 0.15) is 11.6 Å². The minimum absolute atomic E-state index is 0.0676.